The molecule has 1 aliphatic rings. The Morgan fingerprint density at radius 3 is 2.13 bits per heavy atom. The molecule has 1 unspecified atom stereocenters. The average molecular weight is 787 g/mol. The largest absolute Gasteiger partial charge is 0.497 e. The van der Waals surface area contributed by atoms with Gasteiger partial charge in [-0.05, 0) is 85.1 Å². The number of benzene rings is 4. The van der Waals surface area contributed by atoms with Gasteiger partial charge in [0.05, 0.1) is 38.2 Å². The van der Waals surface area contributed by atoms with Crippen LogP contribution in [0.3, 0.4) is 0 Å². The van der Waals surface area contributed by atoms with Crippen LogP contribution in [-0.2, 0) is 46.1 Å². The second kappa shape index (κ2) is 15.3. The van der Waals surface area contributed by atoms with Crippen molar-refractivity contribution in [2.75, 3.05) is 49.9 Å². The third kappa shape index (κ3) is 8.50. The van der Waals surface area contributed by atoms with Crippen LogP contribution in [0.4, 0.5) is 11.4 Å². The van der Waals surface area contributed by atoms with Gasteiger partial charge in [0.1, 0.15) is 34.7 Å². The maximum absolute atomic E-state index is 14.2. The lowest BCUT2D eigenvalue weighted by molar-refractivity contribution is -0.121. The van der Waals surface area contributed by atoms with E-state index in [1.165, 1.54) is 69.9 Å². The van der Waals surface area contributed by atoms with Crippen LogP contribution >= 0.6 is 0 Å². The van der Waals surface area contributed by atoms with Gasteiger partial charge in [-0.3, -0.25) is 18.6 Å². The highest BCUT2D eigenvalue weighted by Gasteiger charge is 2.38. The van der Waals surface area contributed by atoms with E-state index in [2.05, 4.69) is 4.72 Å². The van der Waals surface area contributed by atoms with Crippen LogP contribution in [0.15, 0.2) is 94.7 Å². The molecule has 0 aromatic heterocycles. The summed E-state index contributed by atoms with van der Waals surface area (Å²) in [6, 6.07) is 19.7. The number of anilines is 2. The maximum atomic E-state index is 14.2. The van der Waals surface area contributed by atoms with E-state index in [9.17, 15) is 34.8 Å². The predicted molar refractivity (Wildman–Crippen MR) is 197 cm³/mol. The molecular weight excluding hydrogens is 749 g/mol. The Labute approximate surface area is 308 Å². The molecular formula is C35H38N4O11S3. The van der Waals surface area contributed by atoms with E-state index in [0.717, 1.165) is 16.1 Å². The zero-order valence-electron chi connectivity index (χ0n) is 29.4. The Kier molecular flexibility index (Phi) is 11.3. The van der Waals surface area contributed by atoms with Crippen molar-refractivity contribution in [1.82, 2.24) is 9.44 Å². The van der Waals surface area contributed by atoms with Gasteiger partial charge in [0.15, 0.2) is 0 Å². The van der Waals surface area contributed by atoms with Crippen LogP contribution in [0.25, 0.3) is 0 Å². The van der Waals surface area contributed by atoms with E-state index >= 15 is 0 Å². The summed E-state index contributed by atoms with van der Waals surface area (Å²) in [5.74, 6) is -1.22. The Hall–Kier alpha value is -5.33. The van der Waals surface area contributed by atoms with Crippen molar-refractivity contribution in [3.63, 3.8) is 0 Å². The molecule has 2 amide bonds. The minimum atomic E-state index is -4.51. The number of fused-ring (bicyclic) bond motifs is 1. The van der Waals surface area contributed by atoms with Crippen LogP contribution in [0.2, 0.25) is 0 Å². The van der Waals surface area contributed by atoms with Crippen molar-refractivity contribution in [1.29, 1.82) is 0 Å². The fourth-order valence-corrected chi connectivity index (χ4v) is 9.08. The number of hydrogen-bond donors (Lipinski definition) is 2. The molecule has 0 bridgehead atoms. The fourth-order valence-electron chi connectivity index (χ4n) is 6.01. The molecule has 5 rings (SSSR count). The summed E-state index contributed by atoms with van der Waals surface area (Å²) >= 11 is 0. The van der Waals surface area contributed by atoms with Gasteiger partial charge in [0.25, 0.3) is 31.9 Å². The van der Waals surface area contributed by atoms with Gasteiger partial charge in [-0.25, -0.2) is 30.0 Å². The second-order valence-corrected chi connectivity index (χ2v) is 17.3. The van der Waals surface area contributed by atoms with Crippen molar-refractivity contribution < 1.29 is 49.1 Å². The highest BCUT2D eigenvalue weighted by molar-refractivity contribution is 7.93. The number of aryl methyl sites for hydroxylation is 1. The Bertz CT molecular complexity index is 2370. The first kappa shape index (κ1) is 38.9. The third-order valence-electron chi connectivity index (χ3n) is 8.35. The highest BCUT2D eigenvalue weighted by Crippen LogP contribution is 2.42. The minimum absolute atomic E-state index is 0.0393. The molecule has 0 spiro atoms. The van der Waals surface area contributed by atoms with Crippen molar-refractivity contribution in [2.45, 2.75) is 29.2 Å². The Balaban J connectivity index is 1.62. The van der Waals surface area contributed by atoms with E-state index in [0.29, 0.717) is 28.3 Å². The molecule has 0 saturated carbocycles. The van der Waals surface area contributed by atoms with Crippen molar-refractivity contribution in [3.8, 4) is 17.2 Å². The number of sulfonamides is 3. The lowest BCUT2D eigenvalue weighted by atomic mass is 10.0. The molecule has 53 heavy (non-hydrogen) atoms. The molecule has 0 fully saturated rings. The van der Waals surface area contributed by atoms with Crippen LogP contribution in [0.5, 0.6) is 17.2 Å². The van der Waals surface area contributed by atoms with Crippen LogP contribution in [0, 0.1) is 6.92 Å². The van der Waals surface area contributed by atoms with Crippen molar-refractivity contribution >= 4 is 53.3 Å². The molecule has 0 saturated heterocycles. The smallest absolute Gasteiger partial charge is 0.267 e. The zero-order valence-corrected chi connectivity index (χ0v) is 31.8. The molecule has 18 heteroatoms. The molecule has 282 valence electrons. The quantitative estimate of drug-likeness (QED) is 0.190. The minimum Gasteiger partial charge on any atom is -0.497 e. The summed E-state index contributed by atoms with van der Waals surface area (Å²) in [4.78, 5) is 28.4. The molecule has 0 radical (unpaired) electrons. The number of amides is 2. The summed E-state index contributed by atoms with van der Waals surface area (Å²) < 4.78 is 100. The molecule has 1 atom stereocenters. The first-order valence-corrected chi connectivity index (χ1v) is 20.7. The van der Waals surface area contributed by atoms with Gasteiger partial charge in [0.2, 0.25) is 10.0 Å². The Morgan fingerprint density at radius 2 is 1.49 bits per heavy atom. The van der Waals surface area contributed by atoms with E-state index < -0.39 is 54.5 Å². The van der Waals surface area contributed by atoms with Gasteiger partial charge in [0, 0.05) is 17.8 Å². The molecule has 0 aliphatic carbocycles. The number of rotatable bonds is 14. The van der Waals surface area contributed by atoms with Gasteiger partial charge in [-0.1, -0.05) is 24.3 Å². The monoisotopic (exact) mass is 786 g/mol. The lowest BCUT2D eigenvalue weighted by Crippen LogP contribution is -2.43. The summed E-state index contributed by atoms with van der Waals surface area (Å²) in [6.45, 7) is 0.965. The molecule has 4 aromatic rings. The van der Waals surface area contributed by atoms with Gasteiger partial charge >= 0.3 is 0 Å². The summed E-state index contributed by atoms with van der Waals surface area (Å²) in [5.41, 5.74) is 1.92. The van der Waals surface area contributed by atoms with Crippen molar-refractivity contribution in [3.05, 3.63) is 102 Å². The number of carbonyl (C=O) groups excluding carboxylic acids is 2. The van der Waals surface area contributed by atoms with E-state index in [1.807, 2.05) is 4.72 Å². The van der Waals surface area contributed by atoms with E-state index in [4.69, 9.17) is 14.2 Å². The number of carbonyl (C=O) groups is 2. The second-order valence-electron chi connectivity index (χ2n) is 12.0. The number of hydrogen-bond acceptors (Lipinski definition) is 12. The zero-order chi connectivity index (χ0) is 38.7. The molecule has 1 heterocycles. The van der Waals surface area contributed by atoms with E-state index in [1.54, 1.807) is 48.2 Å². The summed E-state index contributed by atoms with van der Waals surface area (Å²) in [6.07, 6.45) is 0.921. The number of nitrogens with zero attached hydrogens (tertiary/aromatic N) is 2. The van der Waals surface area contributed by atoms with Crippen LogP contribution in [-0.4, -0.2) is 77.7 Å². The van der Waals surface area contributed by atoms with E-state index in [-0.39, 0.29) is 34.2 Å². The number of methoxy groups -OCH3 is 3. The van der Waals surface area contributed by atoms with Crippen molar-refractivity contribution in [2.24, 2.45) is 0 Å². The first-order chi connectivity index (χ1) is 25.0. The third-order valence-corrected chi connectivity index (χ3v) is 12.1. The topological polar surface area (TPSA) is 195 Å². The Morgan fingerprint density at radius 1 is 0.811 bits per heavy atom. The highest BCUT2D eigenvalue weighted by atomic mass is 32.2. The maximum Gasteiger partial charge on any atom is 0.267 e. The normalized spacial score (nSPS) is 13.4. The van der Waals surface area contributed by atoms with Gasteiger partial charge < -0.3 is 19.1 Å². The molecule has 2 N–H and O–H groups in total. The molecule has 4 aromatic carbocycles. The fraction of sp³-hybridized carbons (Fsp3) is 0.257. The van der Waals surface area contributed by atoms with Crippen LogP contribution < -0.4 is 32.9 Å². The predicted octanol–water partition coefficient (Wildman–Crippen LogP) is 2.90. The number of ether oxygens (including phenoxy) is 3. The van der Waals surface area contributed by atoms with Gasteiger partial charge in [-0.2, -0.15) is 0 Å². The van der Waals surface area contributed by atoms with Gasteiger partial charge in [-0.15, -0.1) is 0 Å². The van der Waals surface area contributed by atoms with Crippen LogP contribution in [0.1, 0.15) is 22.7 Å². The standard InChI is InChI=1S/C35H38N4O11S3/c1-23-12-17-32(31(20-23)50-4)52(44,45)37-35(41)34(24-8-6-9-26(21-24)49-3)38-19-18-28-29(38)10-7-11-30(28)39(22-33(40)36-51(5,42)43)53(46,47)27-15-13-25(48-2)14-16-27/h6-17,20-21,34H,18-19,22H2,1-5H3,(H,36,40)(H,37,41). The first-order valence-electron chi connectivity index (χ1n) is 15.9. The summed E-state index contributed by atoms with van der Waals surface area (Å²) in [5, 5.41) is 0. The average Bonchev–Trinajstić information content (AvgIpc) is 3.53. The number of nitrogens with one attached hydrogen (secondary N) is 2. The SMILES string of the molecule is COc1ccc(S(=O)(=O)N(CC(=O)NS(C)(=O)=O)c2cccc3c2CCN3C(C(=O)NS(=O)(=O)c2ccc(C)cc2OC)c2cccc(OC)c2)cc1. The lowest BCUT2D eigenvalue weighted by Gasteiger charge is -2.31. The molecule has 15 nitrogen and oxygen atoms in total. The molecule has 1 aliphatic heterocycles. The summed E-state index contributed by atoms with van der Waals surface area (Å²) in [7, 11) is -8.86.